The molecule has 0 bridgehead atoms. The van der Waals surface area contributed by atoms with Crippen molar-refractivity contribution in [2.24, 2.45) is 35.5 Å². The minimum atomic E-state index is -0.296. The molecule has 0 N–H and O–H groups in total. The lowest BCUT2D eigenvalue weighted by atomic mass is 9.75. The number of hydrogen-bond donors (Lipinski definition) is 0. The van der Waals surface area contributed by atoms with E-state index in [9.17, 15) is 9.59 Å². The van der Waals surface area contributed by atoms with Crippen LogP contribution >= 0.6 is 0 Å². The van der Waals surface area contributed by atoms with Crippen molar-refractivity contribution in [3.63, 3.8) is 0 Å². The Bertz CT molecular complexity index is 701. The lowest BCUT2D eigenvalue weighted by Crippen LogP contribution is -2.36. The molecule has 0 aromatic heterocycles. The van der Waals surface area contributed by atoms with Crippen molar-refractivity contribution in [2.45, 2.75) is 92.3 Å². The van der Waals surface area contributed by atoms with Crippen LogP contribution in [0.2, 0.25) is 0 Å². The maximum atomic E-state index is 12.8. The first kappa shape index (κ1) is 24.8. The first-order valence-corrected chi connectivity index (χ1v) is 12.7. The van der Waals surface area contributed by atoms with Gasteiger partial charge in [0, 0.05) is 0 Å². The number of carbonyl (C=O) groups excluding carboxylic acids is 2. The Morgan fingerprint density at radius 1 is 0.688 bits per heavy atom. The molecule has 1 aromatic rings. The second kappa shape index (κ2) is 10.9. The molecule has 4 heteroatoms. The van der Waals surface area contributed by atoms with Crippen LogP contribution in [0.5, 0.6) is 0 Å². The van der Waals surface area contributed by atoms with Crippen LogP contribution in [0.15, 0.2) is 24.3 Å². The second-order valence-corrected chi connectivity index (χ2v) is 11.1. The Morgan fingerprint density at radius 3 is 1.34 bits per heavy atom. The van der Waals surface area contributed by atoms with E-state index in [-0.39, 0.29) is 24.1 Å². The monoisotopic (exact) mass is 442 g/mol. The third-order valence-corrected chi connectivity index (χ3v) is 7.80. The van der Waals surface area contributed by atoms with E-state index in [0.29, 0.717) is 46.6 Å². The number of carbonyl (C=O) groups is 2. The van der Waals surface area contributed by atoms with Gasteiger partial charge in [0.2, 0.25) is 0 Å². The van der Waals surface area contributed by atoms with Crippen LogP contribution in [0.4, 0.5) is 0 Å². The quantitative estimate of drug-likeness (QED) is 0.449. The Hall–Kier alpha value is -1.84. The predicted molar refractivity (Wildman–Crippen MR) is 128 cm³/mol. The van der Waals surface area contributed by atoms with Crippen molar-refractivity contribution in [1.29, 1.82) is 0 Å². The fourth-order valence-electron chi connectivity index (χ4n) is 5.65. The van der Waals surface area contributed by atoms with E-state index >= 15 is 0 Å². The standard InChI is InChI=1S/C28H42O4/c1-17(2)23-13-7-19(5)15-25(23)31-27(29)21-9-11-22(12-10-21)28(30)32-26-16-20(6)8-14-24(26)18(3)4/h9-12,17-20,23-26H,7-8,13-16H2,1-6H3/t19-,20+,23-,24+,25-,26-/m1/s1. The largest absolute Gasteiger partial charge is 0.458 e. The normalized spacial score (nSPS) is 30.9. The van der Waals surface area contributed by atoms with Gasteiger partial charge in [0.15, 0.2) is 0 Å². The van der Waals surface area contributed by atoms with Crippen LogP contribution in [0.3, 0.4) is 0 Å². The van der Waals surface area contributed by atoms with E-state index in [0.717, 1.165) is 25.7 Å². The van der Waals surface area contributed by atoms with Crippen LogP contribution in [0.1, 0.15) is 101 Å². The van der Waals surface area contributed by atoms with E-state index in [2.05, 4.69) is 41.5 Å². The maximum absolute atomic E-state index is 12.8. The predicted octanol–water partition coefficient (Wildman–Crippen LogP) is 6.92. The van der Waals surface area contributed by atoms with Gasteiger partial charge in [0.1, 0.15) is 12.2 Å². The Balaban J connectivity index is 1.62. The fourth-order valence-corrected chi connectivity index (χ4v) is 5.65. The molecule has 0 saturated heterocycles. The van der Waals surface area contributed by atoms with Crippen molar-refractivity contribution in [3.8, 4) is 0 Å². The van der Waals surface area contributed by atoms with Crippen LogP contribution < -0.4 is 0 Å². The summed E-state index contributed by atoms with van der Waals surface area (Å²) in [5.74, 6) is 2.39. The molecule has 32 heavy (non-hydrogen) atoms. The average Bonchev–Trinajstić information content (AvgIpc) is 2.73. The summed E-state index contributed by atoms with van der Waals surface area (Å²) >= 11 is 0. The van der Waals surface area contributed by atoms with Crippen LogP contribution in [-0.4, -0.2) is 24.1 Å². The zero-order valence-electron chi connectivity index (χ0n) is 20.8. The van der Waals surface area contributed by atoms with Crippen LogP contribution in [0.25, 0.3) is 0 Å². The molecule has 0 aliphatic heterocycles. The van der Waals surface area contributed by atoms with E-state index in [4.69, 9.17) is 9.47 Å². The number of esters is 2. The maximum Gasteiger partial charge on any atom is 0.338 e. The summed E-state index contributed by atoms with van der Waals surface area (Å²) in [7, 11) is 0. The van der Waals surface area contributed by atoms with Crippen molar-refractivity contribution >= 4 is 11.9 Å². The van der Waals surface area contributed by atoms with Crippen molar-refractivity contribution in [3.05, 3.63) is 35.4 Å². The second-order valence-electron chi connectivity index (χ2n) is 11.1. The smallest absolute Gasteiger partial charge is 0.338 e. The van der Waals surface area contributed by atoms with E-state index < -0.39 is 0 Å². The molecular weight excluding hydrogens is 400 g/mol. The molecule has 0 heterocycles. The zero-order chi connectivity index (χ0) is 23.4. The molecule has 3 rings (SSSR count). The molecule has 0 unspecified atom stereocenters. The van der Waals surface area contributed by atoms with Gasteiger partial charge in [0.25, 0.3) is 0 Å². The summed E-state index contributed by atoms with van der Waals surface area (Å²) in [6.07, 6.45) is 6.41. The summed E-state index contributed by atoms with van der Waals surface area (Å²) < 4.78 is 11.9. The number of benzene rings is 1. The first-order chi connectivity index (χ1) is 15.2. The Morgan fingerprint density at radius 2 is 1.03 bits per heavy atom. The van der Waals surface area contributed by atoms with Gasteiger partial charge in [-0.15, -0.1) is 0 Å². The summed E-state index contributed by atoms with van der Waals surface area (Å²) in [5, 5.41) is 0. The van der Waals surface area contributed by atoms with Crippen molar-refractivity contribution < 1.29 is 19.1 Å². The summed E-state index contributed by atoms with van der Waals surface area (Å²) in [6, 6.07) is 6.77. The molecule has 0 amide bonds. The molecule has 6 atom stereocenters. The van der Waals surface area contributed by atoms with Crippen LogP contribution in [0, 0.1) is 35.5 Å². The van der Waals surface area contributed by atoms with Gasteiger partial charge >= 0.3 is 11.9 Å². The molecular formula is C28H42O4. The van der Waals surface area contributed by atoms with Gasteiger partial charge < -0.3 is 9.47 Å². The molecule has 2 aliphatic rings. The molecule has 2 saturated carbocycles. The average molecular weight is 443 g/mol. The summed E-state index contributed by atoms with van der Waals surface area (Å²) in [6.45, 7) is 13.3. The highest BCUT2D eigenvalue weighted by Crippen LogP contribution is 2.37. The van der Waals surface area contributed by atoms with Crippen molar-refractivity contribution in [1.82, 2.24) is 0 Å². The molecule has 2 aliphatic carbocycles. The SMILES string of the molecule is CC(C)[C@H]1CC[C@@H](C)C[C@H]1OC(=O)c1ccc(C(=O)O[C@@H]2C[C@@H](C)CC[C@H]2C(C)C)cc1. The van der Waals surface area contributed by atoms with E-state index in [1.165, 1.54) is 12.8 Å². The Kier molecular flexibility index (Phi) is 8.41. The van der Waals surface area contributed by atoms with Gasteiger partial charge in [-0.3, -0.25) is 0 Å². The molecule has 1 aromatic carbocycles. The highest BCUT2D eigenvalue weighted by atomic mass is 16.5. The van der Waals surface area contributed by atoms with Gasteiger partial charge in [-0.1, -0.05) is 54.4 Å². The molecule has 0 radical (unpaired) electrons. The van der Waals surface area contributed by atoms with Gasteiger partial charge in [-0.2, -0.15) is 0 Å². The number of hydrogen-bond acceptors (Lipinski definition) is 4. The van der Waals surface area contributed by atoms with Gasteiger partial charge in [-0.05, 0) is 85.5 Å². The van der Waals surface area contributed by atoms with E-state index in [1.807, 2.05) is 0 Å². The van der Waals surface area contributed by atoms with Gasteiger partial charge in [-0.25, -0.2) is 9.59 Å². The third kappa shape index (κ3) is 6.14. The number of rotatable bonds is 6. The fraction of sp³-hybridized carbons (Fsp3) is 0.714. The zero-order valence-corrected chi connectivity index (χ0v) is 20.8. The lowest BCUT2D eigenvalue weighted by molar-refractivity contribution is -0.0185. The topological polar surface area (TPSA) is 52.6 Å². The summed E-state index contributed by atoms with van der Waals surface area (Å²) in [5.41, 5.74) is 0.988. The molecule has 0 spiro atoms. The molecule has 178 valence electrons. The minimum absolute atomic E-state index is 0.0304. The highest BCUT2D eigenvalue weighted by molar-refractivity contribution is 5.93. The molecule has 4 nitrogen and oxygen atoms in total. The van der Waals surface area contributed by atoms with Crippen LogP contribution in [-0.2, 0) is 9.47 Å². The summed E-state index contributed by atoms with van der Waals surface area (Å²) in [4.78, 5) is 25.6. The first-order valence-electron chi connectivity index (χ1n) is 12.7. The highest BCUT2D eigenvalue weighted by Gasteiger charge is 2.35. The Labute approximate surface area is 194 Å². The minimum Gasteiger partial charge on any atom is -0.458 e. The van der Waals surface area contributed by atoms with Crippen molar-refractivity contribution in [2.75, 3.05) is 0 Å². The third-order valence-electron chi connectivity index (χ3n) is 7.80. The molecule has 2 fully saturated rings. The lowest BCUT2D eigenvalue weighted by Gasteiger charge is -2.36. The number of ether oxygens (including phenoxy) is 2. The van der Waals surface area contributed by atoms with Gasteiger partial charge in [0.05, 0.1) is 11.1 Å². The van der Waals surface area contributed by atoms with E-state index in [1.54, 1.807) is 24.3 Å².